The molecule has 3 unspecified atom stereocenters. The average Bonchev–Trinajstić information content (AvgIpc) is 3.26. The van der Waals surface area contributed by atoms with Crippen LogP contribution in [0.5, 0.6) is 0 Å². The monoisotopic (exact) mass is 931 g/mol. The molecule has 2 N–H and O–H groups in total. The number of aliphatic hydroxyl groups excluding tert-OH is 1. The fraction of sp³-hybridized carbons (Fsp3) is 0.768. The van der Waals surface area contributed by atoms with Crippen LogP contribution in [0.4, 0.5) is 0 Å². The van der Waals surface area contributed by atoms with Crippen molar-refractivity contribution in [1.82, 2.24) is 5.32 Å². The number of phosphoric ester groups is 1. The Morgan fingerprint density at radius 3 is 1.35 bits per heavy atom. The number of rotatable bonds is 48. The molecule has 0 aliphatic rings. The molecule has 0 heterocycles. The molecular weight excluding hydrogens is 828 g/mol. The van der Waals surface area contributed by atoms with E-state index in [1.54, 1.807) is 6.08 Å². The first kappa shape index (κ1) is 62.9. The van der Waals surface area contributed by atoms with Gasteiger partial charge in [0.25, 0.3) is 7.82 Å². The number of likely N-dealkylation sites (N-methyl/N-ethyl adjacent to an activating group) is 1. The van der Waals surface area contributed by atoms with Crippen molar-refractivity contribution in [2.24, 2.45) is 0 Å². The number of aliphatic hydroxyl groups is 1. The summed E-state index contributed by atoms with van der Waals surface area (Å²) in [5, 5.41) is 13.8. The van der Waals surface area contributed by atoms with Gasteiger partial charge in [0.1, 0.15) is 13.2 Å². The minimum absolute atomic E-state index is 0.0136. The van der Waals surface area contributed by atoms with Crippen LogP contribution in [0.15, 0.2) is 72.9 Å². The van der Waals surface area contributed by atoms with E-state index in [4.69, 9.17) is 9.05 Å². The third kappa shape index (κ3) is 49.7. The maximum Gasteiger partial charge on any atom is 0.268 e. The number of allylic oxidation sites excluding steroid dienone is 11. The van der Waals surface area contributed by atoms with Crippen LogP contribution in [-0.4, -0.2) is 68.5 Å². The van der Waals surface area contributed by atoms with Gasteiger partial charge in [-0.15, -0.1) is 0 Å². The molecule has 9 heteroatoms. The normalized spacial score (nSPS) is 14.6. The molecule has 0 aliphatic heterocycles. The van der Waals surface area contributed by atoms with Crippen LogP contribution in [0.2, 0.25) is 0 Å². The minimum Gasteiger partial charge on any atom is -0.756 e. The van der Waals surface area contributed by atoms with Crippen LogP contribution < -0.4 is 10.2 Å². The molecule has 378 valence electrons. The highest BCUT2D eigenvalue weighted by molar-refractivity contribution is 7.45. The molecule has 0 aromatic rings. The van der Waals surface area contributed by atoms with Crippen molar-refractivity contribution in [2.75, 3.05) is 40.9 Å². The predicted molar refractivity (Wildman–Crippen MR) is 279 cm³/mol. The maximum atomic E-state index is 12.9. The molecular formula is C56H103N2O6P. The quantitative estimate of drug-likeness (QED) is 0.0272. The van der Waals surface area contributed by atoms with Crippen LogP contribution >= 0.6 is 7.82 Å². The molecule has 0 saturated heterocycles. The maximum absolute atomic E-state index is 12.9. The SMILES string of the molecule is CCCCCCC/C=C\C/C=C\C/C=C\CCCCCCCCCCC(=O)NC(COP(=O)([O-])OCC[N+](C)(C)C)C(O)/C=C/CC/C=C/CC/C=C/CCCCCCCCCCCC. The van der Waals surface area contributed by atoms with Crippen molar-refractivity contribution in [2.45, 2.75) is 238 Å². The van der Waals surface area contributed by atoms with Crippen LogP contribution in [-0.2, 0) is 18.4 Å². The number of nitrogens with zero attached hydrogens (tertiary/aromatic N) is 1. The highest BCUT2D eigenvalue weighted by atomic mass is 31.2. The van der Waals surface area contributed by atoms with E-state index < -0.39 is 26.6 Å². The molecule has 0 aliphatic carbocycles. The first-order valence-corrected chi connectivity index (χ1v) is 28.3. The molecule has 1 amide bonds. The van der Waals surface area contributed by atoms with Crippen LogP contribution in [0.3, 0.4) is 0 Å². The van der Waals surface area contributed by atoms with Crippen molar-refractivity contribution < 1.29 is 32.9 Å². The van der Waals surface area contributed by atoms with Crippen molar-refractivity contribution in [3.05, 3.63) is 72.9 Å². The highest BCUT2D eigenvalue weighted by Crippen LogP contribution is 2.38. The van der Waals surface area contributed by atoms with Gasteiger partial charge in [-0.2, -0.15) is 0 Å². The molecule has 0 spiro atoms. The summed E-state index contributed by atoms with van der Waals surface area (Å²) in [5.41, 5.74) is 0. The number of quaternary nitrogens is 1. The zero-order valence-electron chi connectivity index (χ0n) is 42.9. The number of carbonyl (C=O) groups is 1. The van der Waals surface area contributed by atoms with Gasteiger partial charge in [0.05, 0.1) is 39.9 Å². The Morgan fingerprint density at radius 1 is 0.538 bits per heavy atom. The van der Waals surface area contributed by atoms with E-state index in [0.717, 1.165) is 70.6 Å². The van der Waals surface area contributed by atoms with E-state index in [9.17, 15) is 19.4 Å². The van der Waals surface area contributed by atoms with Crippen LogP contribution in [0.25, 0.3) is 0 Å². The Balaban J connectivity index is 4.38. The number of hydrogen-bond acceptors (Lipinski definition) is 6. The lowest BCUT2D eigenvalue weighted by molar-refractivity contribution is -0.870. The number of unbranched alkanes of at least 4 members (excludes halogenated alkanes) is 25. The van der Waals surface area contributed by atoms with Crippen molar-refractivity contribution in [1.29, 1.82) is 0 Å². The number of carbonyl (C=O) groups excluding carboxylic acids is 1. The molecule has 65 heavy (non-hydrogen) atoms. The summed E-state index contributed by atoms with van der Waals surface area (Å²) >= 11 is 0. The number of phosphoric acid groups is 1. The molecule has 0 saturated carbocycles. The summed E-state index contributed by atoms with van der Waals surface area (Å²) in [6.45, 7) is 4.60. The van der Waals surface area contributed by atoms with Gasteiger partial charge in [-0.25, -0.2) is 0 Å². The second-order valence-corrected chi connectivity index (χ2v) is 20.6. The second kappa shape index (κ2) is 47.0. The van der Waals surface area contributed by atoms with Gasteiger partial charge in [-0.05, 0) is 83.5 Å². The topological polar surface area (TPSA) is 108 Å². The molecule has 0 rings (SSSR count). The third-order valence-corrected chi connectivity index (χ3v) is 12.6. The average molecular weight is 931 g/mol. The lowest BCUT2D eigenvalue weighted by Gasteiger charge is -2.29. The van der Waals surface area contributed by atoms with Gasteiger partial charge in [0, 0.05) is 6.42 Å². The molecule has 0 bridgehead atoms. The molecule has 0 aromatic carbocycles. The fourth-order valence-corrected chi connectivity index (χ4v) is 8.09. The van der Waals surface area contributed by atoms with E-state index in [0.29, 0.717) is 17.4 Å². The van der Waals surface area contributed by atoms with E-state index in [1.807, 2.05) is 27.2 Å². The van der Waals surface area contributed by atoms with Gasteiger partial charge in [-0.1, -0.05) is 209 Å². The zero-order valence-corrected chi connectivity index (χ0v) is 43.8. The van der Waals surface area contributed by atoms with E-state index in [-0.39, 0.29) is 12.5 Å². The van der Waals surface area contributed by atoms with Crippen LogP contribution in [0.1, 0.15) is 226 Å². The summed E-state index contributed by atoms with van der Waals surface area (Å²) < 4.78 is 23.3. The summed E-state index contributed by atoms with van der Waals surface area (Å²) in [4.78, 5) is 25.4. The molecule has 0 fully saturated rings. The van der Waals surface area contributed by atoms with E-state index >= 15 is 0 Å². The first-order chi connectivity index (χ1) is 31.5. The van der Waals surface area contributed by atoms with Gasteiger partial charge in [0.2, 0.25) is 5.91 Å². The smallest absolute Gasteiger partial charge is 0.268 e. The van der Waals surface area contributed by atoms with E-state index in [2.05, 4.69) is 79.9 Å². The minimum atomic E-state index is -4.61. The highest BCUT2D eigenvalue weighted by Gasteiger charge is 2.23. The van der Waals surface area contributed by atoms with Gasteiger partial charge in [-0.3, -0.25) is 9.36 Å². The summed E-state index contributed by atoms with van der Waals surface area (Å²) in [7, 11) is 1.22. The Bertz CT molecular complexity index is 1290. The molecule has 0 radical (unpaired) electrons. The van der Waals surface area contributed by atoms with Gasteiger partial charge in [0.15, 0.2) is 0 Å². The van der Waals surface area contributed by atoms with E-state index in [1.165, 1.54) is 135 Å². The molecule has 0 aromatic heterocycles. The van der Waals surface area contributed by atoms with Gasteiger partial charge < -0.3 is 28.8 Å². The summed E-state index contributed by atoms with van der Waals surface area (Å²) in [6.07, 6.45) is 63.9. The van der Waals surface area contributed by atoms with Crippen molar-refractivity contribution >= 4 is 13.7 Å². The Morgan fingerprint density at radius 2 is 0.908 bits per heavy atom. The Labute approximate surface area is 402 Å². The fourth-order valence-electron chi connectivity index (χ4n) is 7.37. The second-order valence-electron chi connectivity index (χ2n) is 19.2. The van der Waals surface area contributed by atoms with Gasteiger partial charge >= 0.3 is 0 Å². The summed E-state index contributed by atoms with van der Waals surface area (Å²) in [5.74, 6) is -0.220. The standard InChI is InChI=1S/C56H103N2O6P/c1-6-8-10-12-14-16-18-20-22-24-26-28-29-30-32-34-36-38-40-42-44-46-48-50-56(60)57-54(53-64-65(61,62)63-52-51-58(3,4)5)55(59)49-47-45-43-41-39-37-35-33-31-27-25-23-21-19-17-15-13-11-9-7-2/h18,20,24,26,29-31,33,39,41,47,49,54-55,59H,6-17,19,21-23,25,27-28,32,34-38,40,42-46,48,50-53H2,1-5H3,(H-,57,60,61,62)/b20-18-,26-24-,30-29-,33-31+,41-39+,49-47+. The predicted octanol–water partition coefficient (Wildman–Crippen LogP) is 15.3. The number of hydrogen-bond donors (Lipinski definition) is 2. The lowest BCUT2D eigenvalue weighted by atomic mass is 10.1. The molecule has 3 atom stereocenters. The number of amides is 1. The lowest BCUT2D eigenvalue weighted by Crippen LogP contribution is -2.45. The van der Waals surface area contributed by atoms with Crippen LogP contribution in [0, 0.1) is 0 Å². The van der Waals surface area contributed by atoms with Crippen molar-refractivity contribution in [3.63, 3.8) is 0 Å². The largest absolute Gasteiger partial charge is 0.756 e. The third-order valence-electron chi connectivity index (χ3n) is 11.6. The first-order valence-electron chi connectivity index (χ1n) is 26.8. The number of nitrogens with one attached hydrogen (secondary N) is 1. The molecule has 8 nitrogen and oxygen atoms in total. The summed E-state index contributed by atoms with van der Waals surface area (Å²) in [6, 6.07) is -0.918. The van der Waals surface area contributed by atoms with Crippen molar-refractivity contribution in [3.8, 4) is 0 Å². The zero-order chi connectivity index (χ0) is 47.8. The Hall–Kier alpha value is -2.06. The Kier molecular flexibility index (Phi) is 45.5.